The molecule has 2 aromatic carbocycles. The van der Waals surface area contributed by atoms with Gasteiger partial charge in [0.25, 0.3) is 0 Å². The zero-order valence-corrected chi connectivity index (χ0v) is 41.6. The Morgan fingerprint density at radius 3 is 1.70 bits per heavy atom. The molecule has 2 N–H and O–H groups in total. The highest BCUT2D eigenvalue weighted by Crippen LogP contribution is 2.49. The predicted octanol–water partition coefficient (Wildman–Crippen LogP) is 10.3. The van der Waals surface area contributed by atoms with E-state index in [1.54, 1.807) is 37.6 Å². The lowest BCUT2D eigenvalue weighted by atomic mass is 9.74. The number of nitrogens with one attached hydrogen (secondary N) is 2. The number of urea groups is 1. The molecule has 69 heavy (non-hydrogen) atoms. The summed E-state index contributed by atoms with van der Waals surface area (Å²) >= 11 is 6.02. The van der Waals surface area contributed by atoms with E-state index < -0.39 is 11.2 Å². The number of methoxy groups -OCH3 is 2. The van der Waals surface area contributed by atoms with Crippen LogP contribution >= 0.6 is 11.6 Å². The number of rotatable bonds is 6. The van der Waals surface area contributed by atoms with Crippen LogP contribution in [0.25, 0.3) is 22.3 Å². The second-order valence-electron chi connectivity index (χ2n) is 20.3. The van der Waals surface area contributed by atoms with E-state index in [2.05, 4.69) is 49.9 Å². The number of likely N-dealkylation sites (tertiary alicyclic amines) is 2. The molecular formula is C53H63ClN8O7. The number of aromatic nitrogens is 3. The highest BCUT2D eigenvalue weighted by Gasteiger charge is 2.48. The highest BCUT2D eigenvalue weighted by atomic mass is 35.5. The fourth-order valence-corrected chi connectivity index (χ4v) is 9.83. The lowest BCUT2D eigenvalue weighted by molar-refractivity contribution is 0.0160. The Morgan fingerprint density at radius 1 is 0.667 bits per heavy atom. The summed E-state index contributed by atoms with van der Waals surface area (Å²) in [5.74, 6) is 1.16. The second-order valence-corrected chi connectivity index (χ2v) is 20.6. The van der Waals surface area contributed by atoms with Gasteiger partial charge in [0, 0.05) is 110 Å². The molecule has 16 heteroatoms. The van der Waals surface area contributed by atoms with Gasteiger partial charge in [-0.3, -0.25) is 4.90 Å². The van der Waals surface area contributed by atoms with E-state index in [0.717, 1.165) is 58.5 Å². The third-order valence-corrected chi connectivity index (χ3v) is 13.5. The molecule has 3 aromatic heterocycles. The average Bonchev–Trinajstić information content (AvgIpc) is 3.84. The number of anilines is 2. The van der Waals surface area contributed by atoms with Crippen molar-refractivity contribution in [2.45, 2.75) is 95.8 Å². The molecule has 364 valence electrons. The van der Waals surface area contributed by atoms with Crippen molar-refractivity contribution in [1.29, 1.82) is 0 Å². The maximum absolute atomic E-state index is 13.5. The zero-order chi connectivity index (χ0) is 49.1. The lowest BCUT2D eigenvalue weighted by Crippen LogP contribution is -2.49. The summed E-state index contributed by atoms with van der Waals surface area (Å²) in [5, 5.41) is 6.99. The molecule has 9 rings (SSSR count). The van der Waals surface area contributed by atoms with Gasteiger partial charge < -0.3 is 39.4 Å². The number of halogens is 1. The van der Waals surface area contributed by atoms with Crippen LogP contribution < -0.4 is 25.0 Å². The van der Waals surface area contributed by atoms with Crippen molar-refractivity contribution in [2.75, 3.05) is 63.7 Å². The van der Waals surface area contributed by atoms with Crippen LogP contribution in [-0.2, 0) is 26.8 Å². The number of hydrogen-bond acceptors (Lipinski definition) is 11. The minimum atomic E-state index is -0.554. The number of benzene rings is 2. The van der Waals surface area contributed by atoms with Crippen LogP contribution in [0.15, 0.2) is 91.4 Å². The number of ether oxygens (including phenoxy) is 4. The van der Waals surface area contributed by atoms with Crippen LogP contribution in [0.5, 0.6) is 11.8 Å². The predicted molar refractivity (Wildman–Crippen MR) is 267 cm³/mol. The highest BCUT2D eigenvalue weighted by molar-refractivity contribution is 6.29. The van der Waals surface area contributed by atoms with Crippen molar-refractivity contribution >= 4 is 41.2 Å². The number of carbonyl (C=O) groups is 3. The maximum atomic E-state index is 13.5. The molecule has 0 saturated carbocycles. The molecule has 4 aliphatic rings. The first-order valence-electron chi connectivity index (χ1n) is 23.5. The first-order valence-corrected chi connectivity index (χ1v) is 23.9. The molecule has 0 unspecified atom stereocenters. The monoisotopic (exact) mass is 958 g/mol. The van der Waals surface area contributed by atoms with Crippen molar-refractivity contribution < 1.29 is 33.3 Å². The summed E-state index contributed by atoms with van der Waals surface area (Å²) in [5.41, 5.74) is 8.33. The van der Waals surface area contributed by atoms with Crippen LogP contribution in [0.3, 0.4) is 0 Å². The van der Waals surface area contributed by atoms with Gasteiger partial charge in [0.05, 0.1) is 14.2 Å². The third-order valence-electron chi connectivity index (χ3n) is 13.3. The number of fused-ring (bicyclic) bond motifs is 4. The number of amides is 4. The number of piperidine rings is 2. The molecule has 5 aromatic rings. The Morgan fingerprint density at radius 2 is 1.19 bits per heavy atom. The summed E-state index contributed by atoms with van der Waals surface area (Å²) in [6.07, 6.45) is 8.03. The number of carbonyl (C=O) groups excluding carboxylic acids is 3. The Labute approximate surface area is 409 Å². The summed E-state index contributed by atoms with van der Waals surface area (Å²) in [6, 6.07) is 23.9. The van der Waals surface area contributed by atoms with Crippen molar-refractivity contribution in [3.05, 3.63) is 113 Å². The first-order chi connectivity index (χ1) is 32.9. The maximum Gasteiger partial charge on any atom is 0.410 e. The van der Waals surface area contributed by atoms with E-state index in [9.17, 15) is 14.4 Å². The fourth-order valence-electron chi connectivity index (χ4n) is 9.64. The van der Waals surface area contributed by atoms with E-state index >= 15 is 0 Å². The molecule has 2 saturated heterocycles. The lowest BCUT2D eigenvalue weighted by Gasteiger charge is -2.40. The standard InChI is InChI=1S/C30H34ClN5O4.C23H29N3O3/c1-29(2,3)40-28(38)35-13-10-30(11-14-35)19-36(27(37)34-17-20-9-12-32-25(31)15-20)24-7-5-21(16-23(24)30)22-6-8-26(39-4)33-18-22;1-22(2,3)29-21(27)26-11-9-23(10-12-26)15-25-19-7-5-16(13-18(19)23)17-6-8-20(28-4)24-14-17/h5-9,12,15-16,18H,10-11,13-14,17,19H2,1-4H3,(H,34,37);5-8,13-14,25H,9-12,15H2,1-4H3. The zero-order valence-electron chi connectivity index (χ0n) is 40.9. The molecule has 2 spiro atoms. The van der Waals surface area contributed by atoms with Gasteiger partial charge in [-0.1, -0.05) is 23.7 Å². The average molecular weight is 960 g/mol. The van der Waals surface area contributed by atoms with Crippen molar-refractivity contribution in [1.82, 2.24) is 30.1 Å². The van der Waals surface area contributed by atoms with E-state index in [1.807, 2.05) is 100 Å². The topological polar surface area (TPSA) is 161 Å². The largest absolute Gasteiger partial charge is 0.481 e. The Bertz CT molecular complexity index is 2650. The molecule has 0 atom stereocenters. The molecular weight excluding hydrogens is 896 g/mol. The van der Waals surface area contributed by atoms with Gasteiger partial charge in [-0.2, -0.15) is 0 Å². The number of pyridine rings is 3. The van der Waals surface area contributed by atoms with Crippen LogP contribution in [0.4, 0.5) is 25.8 Å². The van der Waals surface area contributed by atoms with Gasteiger partial charge in [0.1, 0.15) is 16.4 Å². The van der Waals surface area contributed by atoms with Crippen LogP contribution in [0.1, 0.15) is 83.9 Å². The summed E-state index contributed by atoms with van der Waals surface area (Å²) in [4.78, 5) is 56.8. The molecule has 0 radical (unpaired) electrons. The normalized spacial score (nSPS) is 16.7. The molecule has 0 bridgehead atoms. The smallest absolute Gasteiger partial charge is 0.410 e. The minimum Gasteiger partial charge on any atom is -0.481 e. The molecule has 7 heterocycles. The Kier molecular flexibility index (Phi) is 14.0. The van der Waals surface area contributed by atoms with E-state index in [0.29, 0.717) is 69.0 Å². The SMILES string of the molecule is COc1ccc(-c2ccc3c(c2)C2(CCN(C(=O)OC(C)(C)C)CC2)CN3)cn1.COc1ccc(-c2ccc3c(c2)C2(CCN(C(=O)OC(C)(C)C)CC2)CN3C(=O)NCc2ccnc(Cl)c2)cn1. The van der Waals surface area contributed by atoms with E-state index in [4.69, 9.17) is 30.5 Å². The number of hydrogen-bond donors (Lipinski definition) is 2. The second kappa shape index (κ2) is 19.8. The minimum absolute atomic E-state index is 0.0593. The van der Waals surface area contributed by atoms with Gasteiger partial charge >= 0.3 is 18.2 Å². The molecule has 4 aliphatic heterocycles. The van der Waals surface area contributed by atoms with Crippen LogP contribution in [0.2, 0.25) is 5.15 Å². The summed E-state index contributed by atoms with van der Waals surface area (Å²) < 4.78 is 21.5. The van der Waals surface area contributed by atoms with Crippen LogP contribution in [-0.4, -0.2) is 108 Å². The van der Waals surface area contributed by atoms with E-state index in [1.165, 1.54) is 11.3 Å². The van der Waals surface area contributed by atoms with E-state index in [-0.39, 0.29) is 29.0 Å². The Hall–Kier alpha value is -6.61. The number of nitrogens with zero attached hydrogens (tertiary/aromatic N) is 6. The molecule has 2 fully saturated rings. The van der Waals surface area contributed by atoms with Crippen molar-refractivity contribution in [3.8, 4) is 34.0 Å². The van der Waals surface area contributed by atoms with Gasteiger partial charge in [0.15, 0.2) is 0 Å². The van der Waals surface area contributed by atoms with Gasteiger partial charge in [-0.25, -0.2) is 29.3 Å². The fraction of sp³-hybridized carbons (Fsp3) is 0.434. The molecule has 0 aliphatic carbocycles. The summed E-state index contributed by atoms with van der Waals surface area (Å²) in [6.45, 7) is 15.6. The first kappa shape index (κ1) is 48.8. The van der Waals surface area contributed by atoms with Gasteiger partial charge in [-0.05, 0) is 144 Å². The third kappa shape index (κ3) is 11.1. The molecule has 15 nitrogen and oxygen atoms in total. The molecule has 4 amide bonds. The van der Waals surface area contributed by atoms with Crippen molar-refractivity contribution in [3.63, 3.8) is 0 Å². The van der Waals surface area contributed by atoms with Gasteiger partial charge in [-0.15, -0.1) is 0 Å². The van der Waals surface area contributed by atoms with Crippen LogP contribution in [0, 0.1) is 0 Å². The summed E-state index contributed by atoms with van der Waals surface area (Å²) in [7, 11) is 3.21. The quantitative estimate of drug-likeness (QED) is 0.156. The van der Waals surface area contributed by atoms with Crippen molar-refractivity contribution in [2.24, 2.45) is 0 Å². The Balaban J connectivity index is 0.000000196. The van der Waals surface area contributed by atoms with Gasteiger partial charge in [0.2, 0.25) is 11.8 Å².